The fourth-order valence-corrected chi connectivity index (χ4v) is 4.59. The highest BCUT2D eigenvalue weighted by atomic mass is 16.1. The number of carbonyl (C=O) groups excluding carboxylic acids is 1. The number of amides is 1. The van der Waals surface area contributed by atoms with Crippen molar-refractivity contribution in [2.24, 2.45) is 0 Å². The van der Waals surface area contributed by atoms with Crippen LogP contribution >= 0.6 is 0 Å². The van der Waals surface area contributed by atoms with Crippen molar-refractivity contribution in [3.8, 4) is 0 Å². The molecule has 2 aromatic rings. The van der Waals surface area contributed by atoms with E-state index in [1.807, 2.05) is 12.1 Å². The molecule has 0 spiro atoms. The van der Waals surface area contributed by atoms with Crippen molar-refractivity contribution >= 4 is 5.91 Å². The molecule has 0 radical (unpaired) electrons. The molecule has 1 aliphatic heterocycles. The molecule has 28 heavy (non-hydrogen) atoms. The van der Waals surface area contributed by atoms with Crippen molar-refractivity contribution in [1.29, 1.82) is 0 Å². The van der Waals surface area contributed by atoms with E-state index in [0.717, 1.165) is 18.5 Å². The Morgan fingerprint density at radius 2 is 1.68 bits per heavy atom. The number of hydrogen-bond donors (Lipinski definition) is 1. The van der Waals surface area contributed by atoms with Crippen LogP contribution in [-0.2, 0) is 19.4 Å². The maximum atomic E-state index is 12.8. The highest BCUT2D eigenvalue weighted by molar-refractivity contribution is 5.94. The van der Waals surface area contributed by atoms with Crippen LogP contribution in [0.5, 0.6) is 0 Å². The molecule has 1 N–H and O–H groups in total. The normalized spacial score (nSPS) is 17.9. The summed E-state index contributed by atoms with van der Waals surface area (Å²) in [6.45, 7) is 5.53. The average Bonchev–Trinajstić information content (AvgIpc) is 3.25. The topological polar surface area (TPSA) is 32.3 Å². The lowest BCUT2D eigenvalue weighted by Crippen LogP contribution is -2.28. The van der Waals surface area contributed by atoms with E-state index in [1.54, 1.807) is 0 Å². The monoisotopic (exact) mass is 376 g/mol. The zero-order valence-electron chi connectivity index (χ0n) is 17.0. The molecule has 3 nitrogen and oxygen atoms in total. The van der Waals surface area contributed by atoms with E-state index in [9.17, 15) is 4.79 Å². The summed E-state index contributed by atoms with van der Waals surface area (Å²) in [6, 6.07) is 15.0. The molecule has 148 valence electrons. The molecule has 0 bridgehead atoms. The molecule has 0 unspecified atom stereocenters. The van der Waals surface area contributed by atoms with Crippen LogP contribution in [0.2, 0.25) is 0 Å². The Morgan fingerprint density at radius 1 is 0.964 bits per heavy atom. The van der Waals surface area contributed by atoms with Crippen molar-refractivity contribution in [2.75, 3.05) is 13.1 Å². The zero-order valence-corrected chi connectivity index (χ0v) is 17.0. The van der Waals surface area contributed by atoms with Crippen LogP contribution in [0.3, 0.4) is 0 Å². The molecular formula is C25H32N2O. The number of rotatable bonds is 6. The number of nitrogens with one attached hydrogen (secondary N) is 1. The van der Waals surface area contributed by atoms with Crippen molar-refractivity contribution < 1.29 is 4.79 Å². The van der Waals surface area contributed by atoms with Crippen LogP contribution in [0.1, 0.15) is 77.7 Å². The third-order valence-corrected chi connectivity index (χ3v) is 6.31. The lowest BCUT2D eigenvalue weighted by Gasteiger charge is -2.22. The highest BCUT2D eigenvalue weighted by Gasteiger charge is 2.17. The van der Waals surface area contributed by atoms with Crippen molar-refractivity contribution in [1.82, 2.24) is 10.2 Å². The summed E-state index contributed by atoms with van der Waals surface area (Å²) in [7, 11) is 0. The number of carbonyl (C=O) groups is 1. The molecule has 3 heteroatoms. The number of aryl methyl sites for hydroxylation is 2. The summed E-state index contributed by atoms with van der Waals surface area (Å²) in [5, 5.41) is 3.25. The van der Waals surface area contributed by atoms with E-state index in [0.29, 0.717) is 0 Å². The number of fused-ring (bicyclic) bond motifs is 1. The van der Waals surface area contributed by atoms with E-state index >= 15 is 0 Å². The van der Waals surface area contributed by atoms with Gasteiger partial charge in [-0.15, -0.1) is 0 Å². The van der Waals surface area contributed by atoms with E-state index < -0.39 is 0 Å². The van der Waals surface area contributed by atoms with Gasteiger partial charge in [-0.25, -0.2) is 0 Å². The molecule has 1 heterocycles. The van der Waals surface area contributed by atoms with E-state index in [1.165, 1.54) is 73.9 Å². The largest absolute Gasteiger partial charge is 0.345 e. The minimum Gasteiger partial charge on any atom is -0.345 e. The summed E-state index contributed by atoms with van der Waals surface area (Å²) in [6.07, 6.45) is 8.47. The molecule has 1 aliphatic carbocycles. The average molecular weight is 377 g/mol. The first-order valence-corrected chi connectivity index (χ1v) is 11.0. The Balaban J connectivity index is 1.41. The second-order valence-electron chi connectivity index (χ2n) is 8.35. The Kier molecular flexibility index (Phi) is 6.11. The smallest absolute Gasteiger partial charge is 0.251 e. The number of likely N-dealkylation sites (tertiary alicyclic amines) is 1. The summed E-state index contributed by atoms with van der Waals surface area (Å²) in [5.41, 5.74) is 6.25. The predicted octanol–water partition coefficient (Wildman–Crippen LogP) is 5.04. The Labute approximate surface area is 169 Å². The van der Waals surface area contributed by atoms with Crippen molar-refractivity contribution in [2.45, 2.75) is 64.5 Å². The molecule has 0 aromatic heterocycles. The van der Waals surface area contributed by atoms with Crippen LogP contribution in [-0.4, -0.2) is 23.9 Å². The van der Waals surface area contributed by atoms with Crippen LogP contribution in [0.15, 0.2) is 42.5 Å². The van der Waals surface area contributed by atoms with Crippen LogP contribution in [0, 0.1) is 0 Å². The third kappa shape index (κ3) is 4.47. The van der Waals surface area contributed by atoms with Crippen LogP contribution in [0.4, 0.5) is 0 Å². The van der Waals surface area contributed by atoms with Gasteiger partial charge in [0, 0.05) is 12.1 Å². The molecule has 0 saturated carbocycles. The van der Waals surface area contributed by atoms with Gasteiger partial charge in [0.05, 0.1) is 6.04 Å². The molecule has 2 aliphatic rings. The Morgan fingerprint density at radius 3 is 2.39 bits per heavy atom. The highest BCUT2D eigenvalue weighted by Crippen LogP contribution is 2.26. The Hall–Kier alpha value is -2.13. The molecular weight excluding hydrogens is 344 g/mol. The number of hydrogen-bond acceptors (Lipinski definition) is 2. The number of nitrogens with zero attached hydrogens (tertiary/aromatic N) is 1. The van der Waals surface area contributed by atoms with E-state index in [-0.39, 0.29) is 11.9 Å². The first-order valence-electron chi connectivity index (χ1n) is 11.0. The fraction of sp³-hybridized carbons (Fsp3) is 0.480. The second-order valence-corrected chi connectivity index (χ2v) is 8.35. The van der Waals surface area contributed by atoms with Crippen LogP contribution in [0.25, 0.3) is 0 Å². The molecule has 4 rings (SSSR count). The van der Waals surface area contributed by atoms with Gasteiger partial charge in [0.2, 0.25) is 0 Å². The third-order valence-electron chi connectivity index (χ3n) is 6.31. The van der Waals surface area contributed by atoms with Gasteiger partial charge >= 0.3 is 0 Å². The Bertz CT molecular complexity index is 806. The molecule has 2 aromatic carbocycles. The zero-order chi connectivity index (χ0) is 19.3. The molecule has 1 fully saturated rings. The maximum Gasteiger partial charge on any atom is 0.251 e. The van der Waals surface area contributed by atoms with Gasteiger partial charge in [-0.2, -0.15) is 0 Å². The van der Waals surface area contributed by atoms with Crippen molar-refractivity contribution in [3.05, 3.63) is 70.3 Å². The predicted molar refractivity (Wildman–Crippen MR) is 115 cm³/mol. The molecule has 1 saturated heterocycles. The van der Waals surface area contributed by atoms with Gasteiger partial charge < -0.3 is 5.32 Å². The molecule has 1 atom stereocenters. The minimum absolute atomic E-state index is 0.0253. The maximum absolute atomic E-state index is 12.8. The van der Waals surface area contributed by atoms with Crippen LogP contribution < -0.4 is 5.32 Å². The fourth-order valence-electron chi connectivity index (χ4n) is 4.59. The summed E-state index contributed by atoms with van der Waals surface area (Å²) in [5.74, 6) is 0.0253. The summed E-state index contributed by atoms with van der Waals surface area (Å²) in [4.78, 5) is 15.3. The summed E-state index contributed by atoms with van der Waals surface area (Å²) >= 11 is 0. The van der Waals surface area contributed by atoms with E-state index in [4.69, 9.17) is 0 Å². The quantitative estimate of drug-likeness (QED) is 0.766. The van der Waals surface area contributed by atoms with Crippen molar-refractivity contribution in [3.63, 3.8) is 0 Å². The van der Waals surface area contributed by atoms with Gasteiger partial charge in [-0.3, -0.25) is 9.69 Å². The SMILES string of the molecule is CC[C@@H](NC(=O)c1ccc(CN2CCCC2)cc1)c1ccc2c(c1)CCCC2. The van der Waals surface area contributed by atoms with Gasteiger partial charge in [0.15, 0.2) is 0 Å². The standard InChI is InChI=1S/C25H32N2O/c1-2-24(23-14-13-20-7-3-4-8-22(20)17-23)26-25(28)21-11-9-19(10-12-21)18-27-15-5-6-16-27/h9-14,17,24H,2-8,15-16,18H2,1H3,(H,26,28)/t24-/m1/s1. The van der Waals surface area contributed by atoms with Gasteiger partial charge in [0.25, 0.3) is 5.91 Å². The van der Waals surface area contributed by atoms with Gasteiger partial charge in [-0.1, -0.05) is 37.3 Å². The van der Waals surface area contributed by atoms with Gasteiger partial charge in [0.1, 0.15) is 0 Å². The first-order chi connectivity index (χ1) is 13.7. The number of benzene rings is 2. The van der Waals surface area contributed by atoms with E-state index in [2.05, 4.69) is 47.5 Å². The lowest BCUT2D eigenvalue weighted by atomic mass is 9.88. The lowest BCUT2D eigenvalue weighted by molar-refractivity contribution is 0.0935. The minimum atomic E-state index is 0.0253. The van der Waals surface area contributed by atoms with Gasteiger partial charge in [-0.05, 0) is 92.4 Å². The molecule has 1 amide bonds. The second kappa shape index (κ2) is 8.91. The summed E-state index contributed by atoms with van der Waals surface area (Å²) < 4.78 is 0. The first kappa shape index (κ1) is 19.2.